The van der Waals surface area contributed by atoms with Crippen LogP contribution >= 0.6 is 0 Å². The number of amides is 3. The summed E-state index contributed by atoms with van der Waals surface area (Å²) < 4.78 is 11.0. The number of carbonyl (C=O) groups excluding carboxylic acids is 4. The minimum Gasteiger partial charge on any atom is -0.458 e. The first-order valence-electron chi connectivity index (χ1n) is 15.4. The van der Waals surface area contributed by atoms with Gasteiger partial charge < -0.3 is 25.0 Å². The quantitative estimate of drug-likeness (QED) is 0.214. The number of nitrogens with one attached hydrogen (secondary N) is 2. The number of aryl methyl sites for hydroxylation is 1. The maximum Gasteiger partial charge on any atom is 0.408 e. The average molecular weight is 610 g/mol. The molecule has 242 valence electrons. The molecule has 0 saturated carbocycles. The highest BCUT2D eigenvalue weighted by Crippen LogP contribution is 2.28. The molecule has 0 spiro atoms. The second-order valence-corrected chi connectivity index (χ2v) is 13.1. The number of nitrogens with zero attached hydrogens (tertiary/aromatic N) is 1. The number of hydrogen-bond acceptors (Lipinski definition) is 6. The molecule has 2 unspecified atom stereocenters. The Kier molecular flexibility index (Phi) is 13.4. The van der Waals surface area contributed by atoms with Gasteiger partial charge in [-0.05, 0) is 84.1 Å². The molecular weight excluding hydrogens is 558 g/mol. The molecule has 2 aromatic carbocycles. The number of esters is 1. The van der Waals surface area contributed by atoms with Crippen molar-refractivity contribution in [2.75, 3.05) is 13.1 Å². The minimum atomic E-state index is -1.06. The molecule has 3 amide bonds. The fourth-order valence-corrected chi connectivity index (χ4v) is 4.68. The summed E-state index contributed by atoms with van der Waals surface area (Å²) in [4.78, 5) is 55.5. The van der Waals surface area contributed by atoms with E-state index in [1.807, 2.05) is 62.4 Å². The fourth-order valence-electron chi connectivity index (χ4n) is 4.68. The van der Waals surface area contributed by atoms with Crippen LogP contribution in [0.15, 0.2) is 48.5 Å². The van der Waals surface area contributed by atoms with Gasteiger partial charge in [-0.25, -0.2) is 9.59 Å². The van der Waals surface area contributed by atoms with Crippen LogP contribution in [0.25, 0.3) is 0 Å². The lowest BCUT2D eigenvalue weighted by Crippen LogP contribution is -2.52. The van der Waals surface area contributed by atoms with Crippen LogP contribution in [0.1, 0.15) is 96.0 Å². The zero-order valence-electron chi connectivity index (χ0n) is 27.9. The van der Waals surface area contributed by atoms with Crippen molar-refractivity contribution >= 4 is 23.9 Å². The summed E-state index contributed by atoms with van der Waals surface area (Å²) in [5, 5.41) is 5.48. The smallest absolute Gasteiger partial charge is 0.408 e. The zero-order valence-corrected chi connectivity index (χ0v) is 27.9. The van der Waals surface area contributed by atoms with Gasteiger partial charge in [-0.2, -0.15) is 0 Å². The lowest BCUT2D eigenvalue weighted by atomic mass is 9.94. The van der Waals surface area contributed by atoms with Crippen LogP contribution in [0, 0.1) is 13.8 Å². The van der Waals surface area contributed by atoms with Crippen LogP contribution < -0.4 is 10.6 Å². The molecule has 2 rings (SSSR count). The second-order valence-electron chi connectivity index (χ2n) is 13.1. The third-order valence-corrected chi connectivity index (χ3v) is 6.90. The van der Waals surface area contributed by atoms with Crippen molar-refractivity contribution in [1.82, 2.24) is 15.5 Å². The molecule has 2 N–H and O–H groups in total. The Labute approximate surface area is 263 Å². The van der Waals surface area contributed by atoms with E-state index < -0.39 is 47.2 Å². The normalized spacial score (nSPS) is 12.9. The van der Waals surface area contributed by atoms with Gasteiger partial charge in [-0.3, -0.25) is 9.59 Å². The van der Waals surface area contributed by atoms with Gasteiger partial charge in [0.1, 0.15) is 29.8 Å². The Balaban J connectivity index is 2.53. The monoisotopic (exact) mass is 609 g/mol. The van der Waals surface area contributed by atoms with Crippen LogP contribution in [0.2, 0.25) is 0 Å². The van der Waals surface area contributed by atoms with E-state index in [-0.39, 0.29) is 19.5 Å². The Morgan fingerprint density at radius 2 is 1.48 bits per heavy atom. The van der Waals surface area contributed by atoms with Gasteiger partial charge in [0, 0.05) is 13.0 Å². The Morgan fingerprint density at radius 3 is 2.07 bits per heavy atom. The number of carbonyl (C=O) groups is 4. The van der Waals surface area contributed by atoms with E-state index in [4.69, 9.17) is 9.47 Å². The molecule has 0 radical (unpaired) electrons. The highest BCUT2D eigenvalue weighted by Gasteiger charge is 2.36. The number of rotatable bonds is 13. The van der Waals surface area contributed by atoms with E-state index >= 15 is 0 Å². The van der Waals surface area contributed by atoms with Crippen LogP contribution in [0.5, 0.6) is 0 Å². The van der Waals surface area contributed by atoms with Crippen LogP contribution in [0.3, 0.4) is 0 Å². The molecule has 0 aromatic heterocycles. The molecule has 2 atom stereocenters. The lowest BCUT2D eigenvalue weighted by Gasteiger charge is -2.34. The molecule has 0 aliphatic heterocycles. The SMILES string of the molecule is CCCCCN(C(=O)CNC(=O)OC(C)(C)C)C(C(=O)NC(Cc1ccccc1)C(=O)OC(C)(C)C)c1cccc(C)c1C. The molecule has 0 bridgehead atoms. The van der Waals surface area contributed by atoms with Gasteiger partial charge in [0.15, 0.2) is 0 Å². The van der Waals surface area contributed by atoms with Crippen molar-refractivity contribution in [3.05, 3.63) is 70.8 Å². The third-order valence-electron chi connectivity index (χ3n) is 6.90. The summed E-state index contributed by atoms with van der Waals surface area (Å²) in [6.45, 7) is 16.4. The second kappa shape index (κ2) is 16.3. The van der Waals surface area contributed by atoms with Crippen molar-refractivity contribution in [3.63, 3.8) is 0 Å². The molecule has 0 aliphatic rings. The Hall–Kier alpha value is -3.88. The van der Waals surface area contributed by atoms with Crippen molar-refractivity contribution in [3.8, 4) is 0 Å². The Morgan fingerprint density at radius 1 is 0.841 bits per heavy atom. The average Bonchev–Trinajstić information content (AvgIpc) is 2.91. The molecule has 9 nitrogen and oxygen atoms in total. The molecule has 0 saturated heterocycles. The molecule has 0 fully saturated rings. The lowest BCUT2D eigenvalue weighted by molar-refractivity contribution is -0.159. The minimum absolute atomic E-state index is 0.213. The van der Waals surface area contributed by atoms with Gasteiger partial charge in [-0.15, -0.1) is 0 Å². The summed E-state index contributed by atoms with van der Waals surface area (Å²) in [7, 11) is 0. The molecule has 9 heteroatoms. The van der Waals surface area contributed by atoms with E-state index in [0.29, 0.717) is 12.0 Å². The van der Waals surface area contributed by atoms with Crippen molar-refractivity contribution in [2.45, 2.75) is 111 Å². The molecule has 0 aliphatic carbocycles. The standard InChI is InChI=1S/C35H51N3O6/c1-10-11-15-21-38(29(39)23-36-33(42)44-35(7,8)9)30(27-20-16-17-24(2)25(27)3)31(40)37-28(32(41)43-34(4,5)6)22-26-18-13-12-14-19-26/h12-14,16-20,28,30H,10-11,15,21-23H2,1-9H3,(H,36,42)(H,37,40). The number of unbranched alkanes of at least 4 members (excludes halogenated alkanes) is 2. The summed E-state index contributed by atoms with van der Waals surface area (Å²) in [5.41, 5.74) is 1.82. The summed E-state index contributed by atoms with van der Waals surface area (Å²) in [5.74, 6) is -1.51. The van der Waals surface area contributed by atoms with E-state index in [0.717, 1.165) is 29.5 Å². The van der Waals surface area contributed by atoms with Crippen molar-refractivity contribution < 1.29 is 28.7 Å². The largest absolute Gasteiger partial charge is 0.458 e. The van der Waals surface area contributed by atoms with Crippen molar-refractivity contribution in [1.29, 1.82) is 0 Å². The topological polar surface area (TPSA) is 114 Å². The van der Waals surface area contributed by atoms with Crippen molar-refractivity contribution in [2.24, 2.45) is 0 Å². The maximum atomic E-state index is 14.4. The Bertz CT molecular complexity index is 1260. The van der Waals surface area contributed by atoms with E-state index in [9.17, 15) is 19.2 Å². The van der Waals surface area contributed by atoms with Crippen LogP contribution in [-0.2, 0) is 30.3 Å². The predicted molar refractivity (Wildman–Crippen MR) is 172 cm³/mol. The highest BCUT2D eigenvalue weighted by molar-refractivity contribution is 5.93. The third kappa shape index (κ3) is 12.0. The van der Waals surface area contributed by atoms with Crippen LogP contribution in [0.4, 0.5) is 4.79 Å². The molecule has 0 heterocycles. The van der Waals surface area contributed by atoms with Gasteiger partial charge in [-0.1, -0.05) is 68.3 Å². The van der Waals surface area contributed by atoms with Crippen LogP contribution in [-0.4, -0.2) is 59.1 Å². The zero-order chi connectivity index (χ0) is 33.1. The highest BCUT2D eigenvalue weighted by atomic mass is 16.6. The molecular formula is C35H51N3O6. The number of benzene rings is 2. The van der Waals surface area contributed by atoms with E-state index in [2.05, 4.69) is 17.6 Å². The van der Waals surface area contributed by atoms with E-state index in [1.54, 1.807) is 41.5 Å². The van der Waals surface area contributed by atoms with Gasteiger partial charge >= 0.3 is 12.1 Å². The van der Waals surface area contributed by atoms with Gasteiger partial charge in [0.2, 0.25) is 11.8 Å². The molecule has 2 aromatic rings. The maximum absolute atomic E-state index is 14.4. The number of ether oxygens (including phenoxy) is 2. The van der Waals surface area contributed by atoms with Gasteiger partial charge in [0.05, 0.1) is 0 Å². The number of alkyl carbamates (subject to hydrolysis) is 1. The first-order valence-corrected chi connectivity index (χ1v) is 15.4. The predicted octanol–water partition coefficient (Wildman–Crippen LogP) is 5.96. The summed E-state index contributed by atoms with van der Waals surface area (Å²) in [6.07, 6.45) is 1.91. The molecule has 44 heavy (non-hydrogen) atoms. The summed E-state index contributed by atoms with van der Waals surface area (Å²) in [6, 6.07) is 13.0. The fraction of sp³-hybridized carbons (Fsp3) is 0.543. The van der Waals surface area contributed by atoms with Gasteiger partial charge in [0.25, 0.3) is 0 Å². The first kappa shape index (κ1) is 36.3. The van der Waals surface area contributed by atoms with E-state index in [1.165, 1.54) is 4.90 Å². The number of hydrogen-bond donors (Lipinski definition) is 2. The first-order chi connectivity index (χ1) is 20.5. The summed E-state index contributed by atoms with van der Waals surface area (Å²) >= 11 is 0.